The number of hydrogen-bond donors (Lipinski definition) is 2. The van der Waals surface area contributed by atoms with E-state index in [2.05, 4.69) is 10.3 Å². The lowest BCUT2D eigenvalue weighted by atomic mass is 10.0. The molecule has 0 unspecified atom stereocenters. The number of hydrogen-bond acceptors (Lipinski definition) is 5. The first-order chi connectivity index (χ1) is 15.7. The largest absolute Gasteiger partial charge is 0.497 e. The first-order valence-corrected chi connectivity index (χ1v) is 11.8. The van der Waals surface area contributed by atoms with Gasteiger partial charge in [0.15, 0.2) is 0 Å². The van der Waals surface area contributed by atoms with Crippen molar-refractivity contribution in [1.82, 2.24) is 4.98 Å². The number of anilines is 1. The fraction of sp³-hybridized carbons (Fsp3) is 0.0435. The van der Waals surface area contributed by atoms with E-state index in [4.69, 9.17) is 33.1 Å². The predicted octanol–water partition coefficient (Wildman–Crippen LogP) is 5.12. The van der Waals surface area contributed by atoms with E-state index < -0.39 is 15.9 Å². The third-order valence-electron chi connectivity index (χ3n) is 4.89. The highest BCUT2D eigenvalue weighted by Gasteiger charge is 2.17. The summed E-state index contributed by atoms with van der Waals surface area (Å²) in [6.07, 6.45) is 0. The standard InChI is InChI=1S/C23H17Cl2N3O4S/c1-32-15-6-8-21-18(11-15)19(12-22(28-21)17-7-5-13(24)9-20(17)25)23(29)27-14-3-2-4-16(10-14)33(26,30)31/h2-12H,1H3,(H,27,29)(H2,26,30,31). The van der Waals surface area contributed by atoms with E-state index in [-0.39, 0.29) is 10.6 Å². The Hall–Kier alpha value is -3.17. The molecule has 1 heterocycles. The first-order valence-electron chi connectivity index (χ1n) is 9.54. The van der Waals surface area contributed by atoms with Crippen LogP contribution in [0.3, 0.4) is 0 Å². The summed E-state index contributed by atoms with van der Waals surface area (Å²) < 4.78 is 28.6. The molecule has 3 N–H and O–H groups in total. The Morgan fingerprint density at radius 3 is 2.52 bits per heavy atom. The molecule has 0 aliphatic carbocycles. The van der Waals surface area contributed by atoms with Crippen molar-refractivity contribution in [3.8, 4) is 17.0 Å². The van der Waals surface area contributed by atoms with Gasteiger partial charge in [0.25, 0.3) is 5.91 Å². The van der Waals surface area contributed by atoms with Gasteiger partial charge in [0.2, 0.25) is 10.0 Å². The van der Waals surface area contributed by atoms with Crippen LogP contribution < -0.4 is 15.2 Å². The lowest BCUT2D eigenvalue weighted by molar-refractivity contribution is 0.102. The maximum atomic E-state index is 13.3. The van der Waals surface area contributed by atoms with Crippen LogP contribution in [0.25, 0.3) is 22.2 Å². The molecule has 0 radical (unpaired) electrons. The molecule has 0 fully saturated rings. The number of primary sulfonamides is 1. The van der Waals surface area contributed by atoms with E-state index in [1.165, 1.54) is 25.3 Å². The van der Waals surface area contributed by atoms with Gasteiger partial charge in [-0.15, -0.1) is 0 Å². The van der Waals surface area contributed by atoms with E-state index in [0.717, 1.165) is 0 Å². The fourth-order valence-electron chi connectivity index (χ4n) is 3.30. The quantitative estimate of drug-likeness (QED) is 0.394. The van der Waals surface area contributed by atoms with Crippen LogP contribution in [-0.4, -0.2) is 26.4 Å². The Morgan fingerprint density at radius 2 is 1.82 bits per heavy atom. The minimum atomic E-state index is -3.92. The SMILES string of the molecule is COc1ccc2nc(-c3ccc(Cl)cc3Cl)cc(C(=O)Nc3cccc(S(N)(=O)=O)c3)c2c1. The van der Waals surface area contributed by atoms with Crippen LogP contribution in [-0.2, 0) is 10.0 Å². The summed E-state index contributed by atoms with van der Waals surface area (Å²) in [5.41, 5.74) is 2.18. The van der Waals surface area contributed by atoms with Gasteiger partial charge in [-0.3, -0.25) is 4.79 Å². The van der Waals surface area contributed by atoms with Gasteiger partial charge >= 0.3 is 0 Å². The Labute approximate surface area is 200 Å². The number of carbonyl (C=O) groups excluding carboxylic acids is 1. The number of fused-ring (bicyclic) bond motifs is 1. The highest BCUT2D eigenvalue weighted by atomic mass is 35.5. The number of sulfonamides is 1. The zero-order valence-corrected chi connectivity index (χ0v) is 19.5. The molecule has 7 nitrogen and oxygen atoms in total. The molecule has 1 aromatic heterocycles. The van der Waals surface area contributed by atoms with Crippen LogP contribution in [0.4, 0.5) is 5.69 Å². The minimum absolute atomic E-state index is 0.116. The van der Waals surface area contributed by atoms with Gasteiger partial charge in [-0.25, -0.2) is 18.5 Å². The number of ether oxygens (including phenoxy) is 1. The number of nitrogens with zero attached hydrogens (tertiary/aromatic N) is 1. The lowest BCUT2D eigenvalue weighted by Crippen LogP contribution is -2.15. The van der Waals surface area contributed by atoms with Gasteiger partial charge < -0.3 is 10.1 Å². The van der Waals surface area contributed by atoms with Crippen LogP contribution >= 0.6 is 23.2 Å². The molecule has 1 amide bonds. The monoisotopic (exact) mass is 501 g/mol. The van der Waals surface area contributed by atoms with Crippen molar-refractivity contribution in [2.24, 2.45) is 5.14 Å². The summed E-state index contributed by atoms with van der Waals surface area (Å²) in [5.74, 6) is 0.0698. The maximum absolute atomic E-state index is 13.3. The second-order valence-electron chi connectivity index (χ2n) is 7.09. The Morgan fingerprint density at radius 1 is 1.03 bits per heavy atom. The summed E-state index contributed by atoms with van der Waals surface area (Å²) in [6.45, 7) is 0. The predicted molar refractivity (Wildman–Crippen MR) is 130 cm³/mol. The van der Waals surface area contributed by atoms with Crippen LogP contribution in [0, 0.1) is 0 Å². The second kappa shape index (κ2) is 8.99. The molecule has 4 aromatic rings. The van der Waals surface area contributed by atoms with Crippen LogP contribution in [0.15, 0.2) is 71.6 Å². The molecule has 33 heavy (non-hydrogen) atoms. The molecule has 4 rings (SSSR count). The summed E-state index contributed by atoms with van der Waals surface area (Å²) in [6, 6.07) is 17.5. The summed E-state index contributed by atoms with van der Waals surface area (Å²) in [4.78, 5) is 17.8. The molecule has 168 valence electrons. The number of aromatic nitrogens is 1. The molecule has 0 aliphatic rings. The van der Waals surface area contributed by atoms with Crippen molar-refractivity contribution < 1.29 is 17.9 Å². The summed E-state index contributed by atoms with van der Waals surface area (Å²) >= 11 is 12.4. The van der Waals surface area contributed by atoms with Crippen LogP contribution in [0.2, 0.25) is 10.0 Å². The molecule has 0 saturated heterocycles. The molecule has 0 bridgehead atoms. The zero-order chi connectivity index (χ0) is 23.8. The van der Waals surface area contributed by atoms with Gasteiger partial charge in [-0.05, 0) is 60.7 Å². The first kappa shape index (κ1) is 23.0. The Balaban J connectivity index is 1.85. The normalized spacial score (nSPS) is 11.4. The van der Waals surface area contributed by atoms with Crippen molar-refractivity contribution in [2.75, 3.05) is 12.4 Å². The average Bonchev–Trinajstić information content (AvgIpc) is 2.77. The number of carbonyl (C=O) groups is 1. The summed E-state index contributed by atoms with van der Waals surface area (Å²) in [5, 5.41) is 9.32. The number of rotatable bonds is 5. The Bertz CT molecular complexity index is 1510. The molecule has 0 atom stereocenters. The maximum Gasteiger partial charge on any atom is 0.256 e. The van der Waals surface area contributed by atoms with Crippen molar-refractivity contribution in [1.29, 1.82) is 0 Å². The smallest absolute Gasteiger partial charge is 0.256 e. The van der Waals surface area contributed by atoms with Gasteiger partial charge in [-0.2, -0.15) is 0 Å². The van der Waals surface area contributed by atoms with E-state index in [9.17, 15) is 13.2 Å². The van der Waals surface area contributed by atoms with Crippen molar-refractivity contribution in [3.63, 3.8) is 0 Å². The van der Waals surface area contributed by atoms with Crippen molar-refractivity contribution >= 4 is 55.7 Å². The molecule has 0 aliphatic heterocycles. The minimum Gasteiger partial charge on any atom is -0.497 e. The molecular formula is C23H17Cl2N3O4S. The van der Waals surface area contributed by atoms with Crippen LogP contribution in [0.1, 0.15) is 10.4 Å². The highest BCUT2D eigenvalue weighted by Crippen LogP contribution is 2.33. The van der Waals surface area contributed by atoms with Crippen molar-refractivity contribution in [3.05, 3.63) is 82.3 Å². The van der Waals surface area contributed by atoms with Gasteiger partial charge in [0, 0.05) is 21.7 Å². The molecule has 10 heteroatoms. The number of benzene rings is 3. The molecule has 0 spiro atoms. The Kier molecular flexibility index (Phi) is 6.27. The van der Waals surface area contributed by atoms with Crippen molar-refractivity contribution in [2.45, 2.75) is 4.90 Å². The average molecular weight is 502 g/mol. The van der Waals surface area contributed by atoms with Crippen LogP contribution in [0.5, 0.6) is 5.75 Å². The molecule has 3 aromatic carbocycles. The van der Waals surface area contributed by atoms with E-state index in [1.54, 1.807) is 48.5 Å². The number of methoxy groups -OCH3 is 1. The summed E-state index contributed by atoms with van der Waals surface area (Å²) in [7, 11) is -2.40. The molecular weight excluding hydrogens is 485 g/mol. The number of nitrogens with two attached hydrogens (primary N) is 1. The zero-order valence-electron chi connectivity index (χ0n) is 17.2. The van der Waals surface area contributed by atoms with E-state index in [0.29, 0.717) is 43.5 Å². The highest BCUT2D eigenvalue weighted by molar-refractivity contribution is 7.89. The van der Waals surface area contributed by atoms with Gasteiger partial charge in [0.05, 0.1) is 33.8 Å². The number of halogens is 2. The van der Waals surface area contributed by atoms with Gasteiger partial charge in [0.1, 0.15) is 5.75 Å². The lowest BCUT2D eigenvalue weighted by Gasteiger charge is -2.13. The fourth-order valence-corrected chi connectivity index (χ4v) is 4.37. The third-order valence-corrected chi connectivity index (χ3v) is 6.35. The third kappa shape index (κ3) is 4.94. The second-order valence-corrected chi connectivity index (χ2v) is 9.49. The topological polar surface area (TPSA) is 111 Å². The number of nitrogens with one attached hydrogen (secondary N) is 1. The van der Waals surface area contributed by atoms with E-state index in [1.807, 2.05) is 0 Å². The van der Waals surface area contributed by atoms with E-state index >= 15 is 0 Å². The number of amides is 1. The number of pyridine rings is 1. The van der Waals surface area contributed by atoms with Gasteiger partial charge in [-0.1, -0.05) is 29.3 Å². The molecule has 0 saturated carbocycles.